The number of hydrogen-bond acceptors (Lipinski definition) is 0. The maximum absolute atomic E-state index is 0. The van der Waals surface area contributed by atoms with Crippen molar-refractivity contribution >= 4 is 0 Å². The molecule has 0 unspecified atom stereocenters. The van der Waals surface area contributed by atoms with E-state index in [0.717, 1.165) is 0 Å². The predicted molar refractivity (Wildman–Crippen MR) is 2.06 cm³/mol. The van der Waals surface area contributed by atoms with Gasteiger partial charge in [0.05, 0.1) is 0 Å². The van der Waals surface area contributed by atoms with E-state index in [1.165, 1.54) is 0 Å². The zero-order valence-electron chi connectivity index (χ0n) is 3.58. The van der Waals surface area contributed by atoms with Crippen LogP contribution in [0.15, 0.2) is 0 Å². The third-order valence-electron chi connectivity index (χ3n) is 0. The number of hydrogen-bond donors (Lipinski definition) is 0. The van der Waals surface area contributed by atoms with Crippen LogP contribution in [0.2, 0.25) is 0 Å². The largest absolute Gasteiger partial charge is 4.00 e. The maximum Gasteiger partial charge on any atom is 4.00 e. The van der Waals surface area contributed by atoms with Crippen molar-refractivity contribution < 1.29 is 139 Å². The SMILES string of the molecule is [K+].[K+].[O-2].[O-2].[O-2].[Ru+4]. The maximum atomic E-state index is 0. The molecule has 0 aliphatic rings. The second-order valence-corrected chi connectivity index (χ2v) is 0. The Morgan fingerprint density at radius 3 is 0.500 bits per heavy atom. The summed E-state index contributed by atoms with van der Waals surface area (Å²) in [5.41, 5.74) is 0. The minimum atomic E-state index is 0. The molecule has 0 aromatic carbocycles. The third kappa shape index (κ3) is 25.0. The molecule has 0 radical (unpaired) electrons. The summed E-state index contributed by atoms with van der Waals surface area (Å²) in [5.74, 6) is 0. The van der Waals surface area contributed by atoms with E-state index in [2.05, 4.69) is 0 Å². The van der Waals surface area contributed by atoms with Crippen LogP contribution in [0.3, 0.4) is 0 Å². The monoisotopic (exact) mass is 228 g/mol. The predicted octanol–water partition coefficient (Wildman–Crippen LogP) is -6.35. The summed E-state index contributed by atoms with van der Waals surface area (Å²) in [4.78, 5) is 0. The summed E-state index contributed by atoms with van der Waals surface area (Å²) in [6.45, 7) is 0. The molecule has 0 N–H and O–H groups in total. The molecule has 0 rings (SSSR count). The average molecular weight is 227 g/mol. The van der Waals surface area contributed by atoms with E-state index in [-0.39, 0.29) is 139 Å². The van der Waals surface area contributed by atoms with Gasteiger partial charge < -0.3 is 16.4 Å². The first-order chi connectivity index (χ1) is 0. The zero-order chi connectivity index (χ0) is 0. The van der Waals surface area contributed by atoms with Crippen LogP contribution in [-0.2, 0) is 35.9 Å². The minimum Gasteiger partial charge on any atom is -2.00 e. The summed E-state index contributed by atoms with van der Waals surface area (Å²) in [5, 5.41) is 0. The van der Waals surface area contributed by atoms with Crippen LogP contribution in [0.4, 0.5) is 0 Å². The van der Waals surface area contributed by atoms with Crippen LogP contribution < -0.4 is 103 Å². The van der Waals surface area contributed by atoms with E-state index in [0.29, 0.717) is 0 Å². The molecule has 6 heavy (non-hydrogen) atoms. The fourth-order valence-corrected chi connectivity index (χ4v) is 0. The molecule has 0 bridgehead atoms. The standard InChI is InChI=1S/2K.3O.Ru/q2*+1;3*-2;+4. The molecule has 0 aromatic rings. The van der Waals surface area contributed by atoms with Gasteiger partial charge in [0.25, 0.3) is 0 Å². The van der Waals surface area contributed by atoms with Gasteiger partial charge in [0, 0.05) is 0 Å². The molecule has 0 fully saturated rings. The van der Waals surface area contributed by atoms with Crippen molar-refractivity contribution in [3.05, 3.63) is 0 Å². The Morgan fingerprint density at radius 2 is 0.500 bits per heavy atom. The van der Waals surface area contributed by atoms with E-state index >= 15 is 0 Å². The smallest absolute Gasteiger partial charge is 2.00 e. The summed E-state index contributed by atoms with van der Waals surface area (Å²) in [6, 6.07) is 0. The zero-order valence-corrected chi connectivity index (χ0v) is 11.6. The van der Waals surface area contributed by atoms with Crippen molar-refractivity contribution in [2.45, 2.75) is 0 Å². The van der Waals surface area contributed by atoms with E-state index in [9.17, 15) is 0 Å². The summed E-state index contributed by atoms with van der Waals surface area (Å²) in [6.07, 6.45) is 0. The molecule has 6 heteroatoms. The molecule has 0 atom stereocenters. The quantitative estimate of drug-likeness (QED) is 0.369. The third-order valence-corrected chi connectivity index (χ3v) is 0. The molecular formula is K2O3Ru. The molecule has 0 spiro atoms. The Kier molecular flexibility index (Phi) is 328. The Hall–Kier alpha value is 3.78. The van der Waals surface area contributed by atoms with Gasteiger partial charge in [0.1, 0.15) is 0 Å². The van der Waals surface area contributed by atoms with Crippen LogP contribution in [0, 0.1) is 0 Å². The second-order valence-electron chi connectivity index (χ2n) is 0. The molecule has 0 aromatic heterocycles. The molecule has 0 aliphatic carbocycles. The van der Waals surface area contributed by atoms with Crippen molar-refractivity contribution in [3.8, 4) is 0 Å². The van der Waals surface area contributed by atoms with Crippen LogP contribution >= 0.6 is 0 Å². The fourth-order valence-electron chi connectivity index (χ4n) is 0. The summed E-state index contributed by atoms with van der Waals surface area (Å²) in [7, 11) is 0. The van der Waals surface area contributed by atoms with Gasteiger partial charge in [-0.05, 0) is 0 Å². The van der Waals surface area contributed by atoms with Gasteiger partial charge in [0.2, 0.25) is 0 Å². The van der Waals surface area contributed by atoms with E-state index in [4.69, 9.17) is 0 Å². The van der Waals surface area contributed by atoms with Crippen molar-refractivity contribution in [1.29, 1.82) is 0 Å². The van der Waals surface area contributed by atoms with Gasteiger partial charge in [-0.25, -0.2) is 0 Å². The molecule has 0 saturated heterocycles. The molecule has 0 saturated carbocycles. The van der Waals surface area contributed by atoms with E-state index < -0.39 is 0 Å². The Labute approximate surface area is 135 Å². The van der Waals surface area contributed by atoms with Crippen LogP contribution in [0.5, 0.6) is 0 Å². The minimum absolute atomic E-state index is 0. The van der Waals surface area contributed by atoms with Gasteiger partial charge in [-0.2, -0.15) is 0 Å². The Balaban J connectivity index is 0. The first-order valence-electron chi connectivity index (χ1n) is 0. The Bertz CT molecular complexity index is 8.75. The topological polar surface area (TPSA) is 85.5 Å². The van der Waals surface area contributed by atoms with Crippen molar-refractivity contribution in [2.24, 2.45) is 0 Å². The van der Waals surface area contributed by atoms with E-state index in [1.807, 2.05) is 0 Å². The van der Waals surface area contributed by atoms with Gasteiger partial charge in [-0.3, -0.25) is 0 Å². The summed E-state index contributed by atoms with van der Waals surface area (Å²) < 4.78 is 0. The van der Waals surface area contributed by atoms with Crippen LogP contribution in [0.25, 0.3) is 0 Å². The Morgan fingerprint density at radius 1 is 0.500 bits per heavy atom. The first-order valence-corrected chi connectivity index (χ1v) is 0. The van der Waals surface area contributed by atoms with Crippen molar-refractivity contribution in [1.82, 2.24) is 0 Å². The molecule has 0 heterocycles. The van der Waals surface area contributed by atoms with Gasteiger partial charge in [-0.1, -0.05) is 0 Å². The normalized spacial score (nSPS) is 0. The van der Waals surface area contributed by atoms with Crippen LogP contribution in [0.1, 0.15) is 0 Å². The van der Waals surface area contributed by atoms with Crippen LogP contribution in [-0.4, -0.2) is 0 Å². The number of rotatable bonds is 0. The molecule has 0 aliphatic heterocycles. The molecular weight excluding hydrogens is 227 g/mol. The van der Waals surface area contributed by atoms with Crippen molar-refractivity contribution in [3.63, 3.8) is 0 Å². The average Bonchev–Trinajstić information content (AvgIpc) is 0. The molecule has 3 nitrogen and oxygen atoms in total. The molecule has 28 valence electrons. The van der Waals surface area contributed by atoms with E-state index in [1.54, 1.807) is 0 Å². The second kappa shape index (κ2) is 37.2. The van der Waals surface area contributed by atoms with Crippen molar-refractivity contribution in [2.75, 3.05) is 0 Å². The fraction of sp³-hybridized carbons (Fsp3) is 0. The van der Waals surface area contributed by atoms with Gasteiger partial charge in [-0.15, -0.1) is 0 Å². The van der Waals surface area contributed by atoms with Gasteiger partial charge in [0.15, 0.2) is 0 Å². The first kappa shape index (κ1) is 52.8. The molecule has 0 amide bonds. The van der Waals surface area contributed by atoms with Gasteiger partial charge >= 0.3 is 122 Å². The summed E-state index contributed by atoms with van der Waals surface area (Å²) >= 11 is 0.